The van der Waals surface area contributed by atoms with E-state index >= 15 is 0 Å². The molecule has 1 N–H and O–H groups in total. The molecular formula is C11H12N2O2. The minimum Gasteiger partial charge on any atom is -0.469 e. The quantitative estimate of drug-likeness (QED) is 0.826. The molecule has 0 fully saturated rings. The van der Waals surface area contributed by atoms with E-state index in [0.29, 0.717) is 5.56 Å². The van der Waals surface area contributed by atoms with Gasteiger partial charge in [0.15, 0.2) is 0 Å². The molecule has 0 aliphatic heterocycles. The van der Waals surface area contributed by atoms with Crippen LogP contribution in [0.4, 0.5) is 0 Å². The van der Waals surface area contributed by atoms with Crippen LogP contribution < -0.4 is 0 Å². The molecule has 1 atom stereocenters. The van der Waals surface area contributed by atoms with Crippen molar-refractivity contribution in [2.75, 3.05) is 0 Å². The molecule has 78 valence electrons. The molecule has 15 heavy (non-hydrogen) atoms. The van der Waals surface area contributed by atoms with Crippen LogP contribution in [0.1, 0.15) is 29.9 Å². The molecule has 0 bridgehead atoms. The Balaban J connectivity index is 2.32. The third-order valence-electron chi connectivity index (χ3n) is 2.29. The number of nitrogens with zero attached hydrogens (tertiary/aromatic N) is 2. The van der Waals surface area contributed by atoms with E-state index in [0.717, 1.165) is 17.7 Å². The lowest BCUT2D eigenvalue weighted by atomic mass is 10.0. The molecule has 4 heteroatoms. The standard InChI is InChI=1S/C11H12N2O2/c1-2-10-9(3-4-15-10)11(14)8-5-12-7-13-6-8/h3-7,11,14H,2H2,1H3. The van der Waals surface area contributed by atoms with Crippen molar-refractivity contribution in [3.8, 4) is 0 Å². The first-order valence-electron chi connectivity index (χ1n) is 4.82. The molecule has 1 unspecified atom stereocenters. The van der Waals surface area contributed by atoms with Crippen LogP contribution in [0, 0.1) is 0 Å². The Kier molecular flexibility index (Phi) is 2.78. The number of furan rings is 1. The van der Waals surface area contributed by atoms with Gasteiger partial charge in [0.05, 0.1) is 6.26 Å². The fraction of sp³-hybridized carbons (Fsp3) is 0.273. The maximum Gasteiger partial charge on any atom is 0.115 e. The summed E-state index contributed by atoms with van der Waals surface area (Å²) in [6.45, 7) is 1.98. The Bertz CT molecular complexity index is 425. The summed E-state index contributed by atoms with van der Waals surface area (Å²) in [4.78, 5) is 7.74. The second-order valence-electron chi connectivity index (χ2n) is 3.23. The molecule has 0 saturated heterocycles. The smallest absolute Gasteiger partial charge is 0.115 e. The summed E-state index contributed by atoms with van der Waals surface area (Å²) in [5.41, 5.74) is 1.46. The van der Waals surface area contributed by atoms with Crippen LogP contribution >= 0.6 is 0 Å². The SMILES string of the molecule is CCc1occc1C(O)c1cncnc1. The van der Waals surface area contributed by atoms with Crippen LogP contribution in [0.3, 0.4) is 0 Å². The Morgan fingerprint density at radius 2 is 2.13 bits per heavy atom. The van der Waals surface area contributed by atoms with Gasteiger partial charge in [0.25, 0.3) is 0 Å². The number of aliphatic hydroxyl groups excluding tert-OH is 1. The van der Waals surface area contributed by atoms with Gasteiger partial charge in [-0.05, 0) is 6.07 Å². The minimum absolute atomic E-state index is 0.675. The first-order chi connectivity index (χ1) is 7.33. The Hall–Kier alpha value is -1.68. The van der Waals surface area contributed by atoms with E-state index in [1.54, 1.807) is 24.7 Å². The van der Waals surface area contributed by atoms with Crippen LogP contribution in [-0.4, -0.2) is 15.1 Å². The summed E-state index contributed by atoms with van der Waals surface area (Å²) in [5, 5.41) is 10.1. The molecule has 0 saturated carbocycles. The highest BCUT2D eigenvalue weighted by Gasteiger charge is 2.16. The molecule has 0 aliphatic rings. The summed E-state index contributed by atoms with van der Waals surface area (Å²) in [6.07, 6.45) is 6.27. The highest BCUT2D eigenvalue weighted by atomic mass is 16.3. The van der Waals surface area contributed by atoms with Crippen LogP contribution in [0.2, 0.25) is 0 Å². The van der Waals surface area contributed by atoms with Gasteiger partial charge in [0, 0.05) is 29.9 Å². The number of aryl methyl sites for hydroxylation is 1. The average Bonchev–Trinajstić information content (AvgIpc) is 2.77. The van der Waals surface area contributed by atoms with E-state index in [1.165, 1.54) is 6.33 Å². The summed E-state index contributed by atoms with van der Waals surface area (Å²) < 4.78 is 5.26. The predicted molar refractivity (Wildman–Crippen MR) is 54.2 cm³/mol. The van der Waals surface area contributed by atoms with Crippen molar-refractivity contribution in [2.45, 2.75) is 19.4 Å². The van der Waals surface area contributed by atoms with Crippen molar-refractivity contribution < 1.29 is 9.52 Å². The van der Waals surface area contributed by atoms with E-state index in [-0.39, 0.29) is 0 Å². The van der Waals surface area contributed by atoms with E-state index < -0.39 is 6.10 Å². The van der Waals surface area contributed by atoms with Crippen LogP contribution in [0.5, 0.6) is 0 Å². The third-order valence-corrected chi connectivity index (χ3v) is 2.29. The molecule has 2 aromatic rings. The lowest BCUT2D eigenvalue weighted by Crippen LogP contribution is -2.01. The van der Waals surface area contributed by atoms with Crippen molar-refractivity contribution in [1.82, 2.24) is 9.97 Å². The van der Waals surface area contributed by atoms with E-state index in [1.807, 2.05) is 6.92 Å². The van der Waals surface area contributed by atoms with Crippen LogP contribution in [-0.2, 0) is 6.42 Å². The molecule has 0 amide bonds. The topological polar surface area (TPSA) is 59.2 Å². The molecule has 0 spiro atoms. The summed E-state index contributed by atoms with van der Waals surface area (Å²) >= 11 is 0. The maximum atomic E-state index is 10.1. The fourth-order valence-electron chi connectivity index (χ4n) is 1.51. The van der Waals surface area contributed by atoms with Gasteiger partial charge in [0.1, 0.15) is 18.2 Å². The average molecular weight is 204 g/mol. The van der Waals surface area contributed by atoms with E-state index in [2.05, 4.69) is 9.97 Å². The van der Waals surface area contributed by atoms with E-state index in [4.69, 9.17) is 4.42 Å². The van der Waals surface area contributed by atoms with Crippen molar-refractivity contribution in [3.63, 3.8) is 0 Å². The maximum absolute atomic E-state index is 10.1. The zero-order chi connectivity index (χ0) is 10.7. The van der Waals surface area contributed by atoms with Crippen LogP contribution in [0.25, 0.3) is 0 Å². The van der Waals surface area contributed by atoms with Gasteiger partial charge in [-0.15, -0.1) is 0 Å². The van der Waals surface area contributed by atoms with Gasteiger partial charge in [-0.2, -0.15) is 0 Å². The number of hydrogen-bond acceptors (Lipinski definition) is 4. The molecule has 2 rings (SSSR count). The fourth-order valence-corrected chi connectivity index (χ4v) is 1.51. The van der Waals surface area contributed by atoms with Gasteiger partial charge in [-0.1, -0.05) is 6.92 Å². The van der Waals surface area contributed by atoms with Crippen molar-refractivity contribution in [1.29, 1.82) is 0 Å². The molecule has 4 nitrogen and oxygen atoms in total. The van der Waals surface area contributed by atoms with Gasteiger partial charge in [0.2, 0.25) is 0 Å². The lowest BCUT2D eigenvalue weighted by Gasteiger charge is -2.09. The van der Waals surface area contributed by atoms with Crippen molar-refractivity contribution >= 4 is 0 Å². The van der Waals surface area contributed by atoms with Crippen molar-refractivity contribution in [2.24, 2.45) is 0 Å². The van der Waals surface area contributed by atoms with Crippen molar-refractivity contribution in [3.05, 3.63) is 47.9 Å². The minimum atomic E-state index is -0.708. The first-order valence-corrected chi connectivity index (χ1v) is 4.82. The number of hydrogen-bond donors (Lipinski definition) is 1. The summed E-state index contributed by atoms with van der Waals surface area (Å²) in [6, 6.07) is 1.77. The first kappa shape index (κ1) is 9.86. The van der Waals surface area contributed by atoms with Crippen LogP contribution in [0.15, 0.2) is 35.5 Å². The highest BCUT2D eigenvalue weighted by Crippen LogP contribution is 2.25. The Morgan fingerprint density at radius 1 is 1.40 bits per heavy atom. The zero-order valence-corrected chi connectivity index (χ0v) is 8.42. The van der Waals surface area contributed by atoms with Gasteiger partial charge >= 0.3 is 0 Å². The number of aliphatic hydroxyl groups is 1. The molecule has 0 aliphatic carbocycles. The molecule has 2 aromatic heterocycles. The summed E-state index contributed by atoms with van der Waals surface area (Å²) in [7, 11) is 0. The van der Waals surface area contributed by atoms with Gasteiger partial charge in [-0.3, -0.25) is 0 Å². The summed E-state index contributed by atoms with van der Waals surface area (Å²) in [5.74, 6) is 0.798. The van der Waals surface area contributed by atoms with Gasteiger partial charge < -0.3 is 9.52 Å². The predicted octanol–water partition coefficient (Wildman–Crippen LogP) is 1.71. The van der Waals surface area contributed by atoms with E-state index in [9.17, 15) is 5.11 Å². The van der Waals surface area contributed by atoms with Gasteiger partial charge in [-0.25, -0.2) is 9.97 Å². The normalized spacial score (nSPS) is 12.7. The monoisotopic (exact) mass is 204 g/mol. The largest absolute Gasteiger partial charge is 0.469 e. The molecule has 2 heterocycles. The molecule has 0 radical (unpaired) electrons. The molecule has 0 aromatic carbocycles. The second-order valence-corrected chi connectivity index (χ2v) is 3.23. The second kappa shape index (κ2) is 4.23. The number of rotatable bonds is 3. The Labute approximate surface area is 87.6 Å². The lowest BCUT2D eigenvalue weighted by molar-refractivity contribution is 0.216. The zero-order valence-electron chi connectivity index (χ0n) is 8.42. The highest BCUT2D eigenvalue weighted by molar-refractivity contribution is 5.28. The third kappa shape index (κ3) is 1.89. The molecular weight excluding hydrogens is 192 g/mol. The number of aromatic nitrogens is 2. The Morgan fingerprint density at radius 3 is 2.80 bits per heavy atom.